The Labute approximate surface area is 104 Å². The van der Waals surface area contributed by atoms with Crippen LogP contribution in [0.1, 0.15) is 25.8 Å². The number of piperidine rings is 1. The zero-order chi connectivity index (χ0) is 12.3. The summed E-state index contributed by atoms with van der Waals surface area (Å²) >= 11 is 0. The third kappa shape index (κ3) is 3.74. The number of nitrogens with zero attached hydrogens (tertiary/aromatic N) is 1. The smallest absolute Gasteiger partial charge is 0.115 e. The molecule has 2 heteroatoms. The van der Waals surface area contributed by atoms with Gasteiger partial charge in [-0.05, 0) is 42.4 Å². The summed E-state index contributed by atoms with van der Waals surface area (Å²) in [7, 11) is 0. The molecule has 94 valence electrons. The number of rotatable bonds is 3. The predicted octanol–water partition coefficient (Wildman–Crippen LogP) is 2.91. The van der Waals surface area contributed by atoms with Gasteiger partial charge in [-0.3, -0.25) is 0 Å². The monoisotopic (exact) mass is 233 g/mol. The van der Waals surface area contributed by atoms with E-state index in [0.717, 1.165) is 24.8 Å². The van der Waals surface area contributed by atoms with Crippen molar-refractivity contribution in [3.8, 4) is 5.75 Å². The van der Waals surface area contributed by atoms with E-state index in [1.165, 1.54) is 25.1 Å². The lowest BCUT2D eigenvalue weighted by Crippen LogP contribution is -2.39. The Balaban J connectivity index is 1.83. The number of phenolic OH excluding ortho intramolecular Hbond substituents is 1. The van der Waals surface area contributed by atoms with E-state index in [9.17, 15) is 5.11 Å². The number of benzene rings is 1. The van der Waals surface area contributed by atoms with E-state index in [2.05, 4.69) is 18.7 Å². The van der Waals surface area contributed by atoms with Crippen molar-refractivity contribution >= 4 is 0 Å². The van der Waals surface area contributed by atoms with Gasteiger partial charge in [-0.25, -0.2) is 0 Å². The molecule has 1 N–H and O–H groups in total. The molecule has 1 aliphatic rings. The zero-order valence-corrected chi connectivity index (χ0v) is 10.9. The van der Waals surface area contributed by atoms with Crippen LogP contribution >= 0.6 is 0 Å². The summed E-state index contributed by atoms with van der Waals surface area (Å²) in [5.74, 6) is 2.02. The maximum absolute atomic E-state index is 9.23. The van der Waals surface area contributed by atoms with Crippen molar-refractivity contribution < 1.29 is 5.11 Å². The van der Waals surface area contributed by atoms with Crippen LogP contribution in [0.4, 0.5) is 0 Å². The van der Waals surface area contributed by atoms with Crippen LogP contribution in [0.25, 0.3) is 0 Å². The second-order valence-corrected chi connectivity index (χ2v) is 5.62. The van der Waals surface area contributed by atoms with E-state index in [0.29, 0.717) is 5.75 Å². The van der Waals surface area contributed by atoms with Crippen LogP contribution < -0.4 is 0 Å². The van der Waals surface area contributed by atoms with E-state index in [4.69, 9.17) is 0 Å². The number of aromatic hydroxyl groups is 1. The minimum absolute atomic E-state index is 0.356. The molecule has 0 radical (unpaired) electrons. The summed E-state index contributed by atoms with van der Waals surface area (Å²) in [6, 6.07) is 7.59. The molecule has 2 nitrogen and oxygen atoms in total. The number of hydrogen-bond donors (Lipinski definition) is 1. The van der Waals surface area contributed by atoms with Gasteiger partial charge in [0, 0.05) is 19.6 Å². The van der Waals surface area contributed by atoms with Crippen molar-refractivity contribution in [3.63, 3.8) is 0 Å². The maximum atomic E-state index is 9.23. The highest BCUT2D eigenvalue weighted by molar-refractivity contribution is 5.25. The van der Waals surface area contributed by atoms with E-state index >= 15 is 0 Å². The number of phenols is 1. The summed E-state index contributed by atoms with van der Waals surface area (Å²) in [5, 5.41) is 9.23. The maximum Gasteiger partial charge on any atom is 0.115 e. The third-order valence-corrected chi connectivity index (χ3v) is 3.60. The Hall–Kier alpha value is -1.02. The first-order valence-electron chi connectivity index (χ1n) is 6.63. The molecule has 1 aromatic rings. The van der Waals surface area contributed by atoms with Gasteiger partial charge in [0.1, 0.15) is 5.75 Å². The molecule has 1 saturated heterocycles. The topological polar surface area (TPSA) is 23.5 Å². The zero-order valence-electron chi connectivity index (χ0n) is 10.9. The summed E-state index contributed by atoms with van der Waals surface area (Å²) in [5.41, 5.74) is 1.31. The van der Waals surface area contributed by atoms with Crippen molar-refractivity contribution in [2.24, 2.45) is 11.8 Å². The Kier molecular flexibility index (Phi) is 4.06. The van der Waals surface area contributed by atoms with E-state index in [1.807, 2.05) is 12.1 Å². The van der Waals surface area contributed by atoms with Crippen LogP contribution in [0.2, 0.25) is 0 Å². The summed E-state index contributed by atoms with van der Waals surface area (Å²) in [6.07, 6.45) is 2.45. The van der Waals surface area contributed by atoms with Crippen molar-refractivity contribution in [2.45, 2.75) is 26.7 Å². The lowest BCUT2D eigenvalue weighted by Gasteiger charge is -2.34. The fraction of sp³-hybridized carbons (Fsp3) is 0.600. The van der Waals surface area contributed by atoms with Gasteiger partial charge in [0.15, 0.2) is 0 Å². The standard InChI is InChI=1S/C15H23NO/c1-12-9-13(2)11-16(10-12)8-7-14-3-5-15(17)6-4-14/h3-6,12-13,17H,7-11H2,1-2H3. The number of likely N-dealkylation sites (tertiary alicyclic amines) is 1. The summed E-state index contributed by atoms with van der Waals surface area (Å²) in [6.45, 7) is 8.32. The molecule has 1 aliphatic heterocycles. The molecule has 0 aliphatic carbocycles. The van der Waals surface area contributed by atoms with E-state index in [1.54, 1.807) is 12.1 Å². The van der Waals surface area contributed by atoms with Gasteiger partial charge >= 0.3 is 0 Å². The Bertz CT molecular complexity index is 336. The van der Waals surface area contributed by atoms with Crippen molar-refractivity contribution in [2.75, 3.05) is 19.6 Å². The molecule has 0 bridgehead atoms. The fourth-order valence-electron chi connectivity index (χ4n) is 2.92. The summed E-state index contributed by atoms with van der Waals surface area (Å²) < 4.78 is 0. The Morgan fingerprint density at radius 2 is 1.71 bits per heavy atom. The first-order valence-corrected chi connectivity index (χ1v) is 6.63. The van der Waals surface area contributed by atoms with Gasteiger partial charge in [0.05, 0.1) is 0 Å². The molecule has 17 heavy (non-hydrogen) atoms. The van der Waals surface area contributed by atoms with Crippen LogP contribution in [-0.2, 0) is 6.42 Å². The molecule has 2 rings (SSSR count). The minimum Gasteiger partial charge on any atom is -0.508 e. The molecule has 0 saturated carbocycles. The van der Waals surface area contributed by atoms with E-state index in [-0.39, 0.29) is 0 Å². The Morgan fingerprint density at radius 1 is 1.12 bits per heavy atom. The molecule has 0 amide bonds. The highest BCUT2D eigenvalue weighted by atomic mass is 16.3. The average molecular weight is 233 g/mol. The van der Waals surface area contributed by atoms with Crippen LogP contribution in [0.5, 0.6) is 5.75 Å². The molecule has 1 aromatic carbocycles. The second kappa shape index (κ2) is 5.54. The lowest BCUT2D eigenvalue weighted by molar-refractivity contribution is 0.142. The molecule has 1 fully saturated rings. The average Bonchev–Trinajstić information content (AvgIpc) is 2.27. The van der Waals surface area contributed by atoms with Gasteiger partial charge in [-0.1, -0.05) is 26.0 Å². The minimum atomic E-state index is 0.356. The normalized spacial score (nSPS) is 26.0. The van der Waals surface area contributed by atoms with Crippen molar-refractivity contribution in [3.05, 3.63) is 29.8 Å². The molecular formula is C15H23NO. The van der Waals surface area contributed by atoms with Crippen LogP contribution in [-0.4, -0.2) is 29.6 Å². The van der Waals surface area contributed by atoms with E-state index < -0.39 is 0 Å². The third-order valence-electron chi connectivity index (χ3n) is 3.60. The van der Waals surface area contributed by atoms with Gasteiger partial charge in [0.2, 0.25) is 0 Å². The van der Waals surface area contributed by atoms with Gasteiger partial charge in [-0.15, -0.1) is 0 Å². The molecule has 2 atom stereocenters. The molecule has 0 spiro atoms. The van der Waals surface area contributed by atoms with Crippen LogP contribution in [0, 0.1) is 11.8 Å². The quantitative estimate of drug-likeness (QED) is 0.867. The van der Waals surface area contributed by atoms with Crippen LogP contribution in [0.3, 0.4) is 0 Å². The molecule has 1 heterocycles. The number of hydrogen-bond acceptors (Lipinski definition) is 2. The fourth-order valence-corrected chi connectivity index (χ4v) is 2.92. The molecule has 2 unspecified atom stereocenters. The Morgan fingerprint density at radius 3 is 2.29 bits per heavy atom. The van der Waals surface area contributed by atoms with Crippen molar-refractivity contribution in [1.82, 2.24) is 4.90 Å². The highest BCUT2D eigenvalue weighted by Gasteiger charge is 2.21. The van der Waals surface area contributed by atoms with Gasteiger partial charge in [-0.2, -0.15) is 0 Å². The molecule has 0 aromatic heterocycles. The van der Waals surface area contributed by atoms with Gasteiger partial charge in [0.25, 0.3) is 0 Å². The predicted molar refractivity (Wildman–Crippen MR) is 71.2 cm³/mol. The molecular weight excluding hydrogens is 210 g/mol. The van der Waals surface area contributed by atoms with Crippen LogP contribution in [0.15, 0.2) is 24.3 Å². The largest absolute Gasteiger partial charge is 0.508 e. The first-order chi connectivity index (χ1) is 8.13. The SMILES string of the molecule is CC1CC(C)CN(CCc2ccc(O)cc2)C1. The second-order valence-electron chi connectivity index (χ2n) is 5.62. The summed E-state index contributed by atoms with van der Waals surface area (Å²) in [4.78, 5) is 2.58. The van der Waals surface area contributed by atoms with Gasteiger partial charge < -0.3 is 10.0 Å². The van der Waals surface area contributed by atoms with Crippen molar-refractivity contribution in [1.29, 1.82) is 0 Å². The highest BCUT2D eigenvalue weighted by Crippen LogP contribution is 2.21. The first kappa shape index (κ1) is 12.4. The lowest BCUT2D eigenvalue weighted by atomic mass is 9.92.